The Morgan fingerprint density at radius 3 is 2.31 bits per heavy atom. The maximum Gasteiger partial charge on any atom is 0.0140 e. The van der Waals surface area contributed by atoms with Gasteiger partial charge in [-0.2, -0.15) is 0 Å². The first-order valence-electron chi connectivity index (χ1n) is 4.71. The van der Waals surface area contributed by atoms with E-state index in [0.717, 1.165) is 0 Å². The lowest BCUT2D eigenvalue weighted by atomic mass is 9.86. The normalized spacial score (nSPS) is 18.1. The monoisotopic (exact) mass is 177 g/mol. The maximum absolute atomic E-state index is 2.23. The van der Waals surface area contributed by atoms with E-state index in [9.17, 15) is 0 Å². The Morgan fingerprint density at radius 2 is 1.77 bits per heavy atom. The fourth-order valence-corrected chi connectivity index (χ4v) is 1.19. The second kappa shape index (κ2) is 3.41. The molecule has 0 aliphatic carbocycles. The zero-order chi connectivity index (χ0) is 10.1. The van der Waals surface area contributed by atoms with Crippen LogP contribution in [0.5, 0.6) is 0 Å². The van der Waals surface area contributed by atoms with Crippen molar-refractivity contribution >= 4 is 0 Å². The van der Waals surface area contributed by atoms with E-state index in [1.54, 1.807) is 0 Å². The van der Waals surface area contributed by atoms with Gasteiger partial charge in [0.2, 0.25) is 0 Å². The summed E-state index contributed by atoms with van der Waals surface area (Å²) in [4.78, 5) is 2.13. The van der Waals surface area contributed by atoms with Crippen LogP contribution in [0.4, 0.5) is 0 Å². The van der Waals surface area contributed by atoms with Gasteiger partial charge in [0.15, 0.2) is 0 Å². The van der Waals surface area contributed by atoms with Crippen LogP contribution in [0.15, 0.2) is 35.7 Å². The summed E-state index contributed by atoms with van der Waals surface area (Å²) in [7, 11) is 2.07. The molecule has 0 aromatic rings. The van der Waals surface area contributed by atoms with Gasteiger partial charge in [-0.05, 0) is 30.1 Å². The fourth-order valence-electron chi connectivity index (χ4n) is 1.19. The minimum atomic E-state index is 0.235. The molecule has 1 nitrogen and oxygen atoms in total. The van der Waals surface area contributed by atoms with Crippen LogP contribution in [0.25, 0.3) is 0 Å². The van der Waals surface area contributed by atoms with E-state index in [2.05, 4.69) is 64.1 Å². The quantitative estimate of drug-likeness (QED) is 0.548. The van der Waals surface area contributed by atoms with Crippen LogP contribution < -0.4 is 0 Å². The maximum atomic E-state index is 2.23. The molecule has 0 saturated carbocycles. The first-order chi connectivity index (χ1) is 5.91. The van der Waals surface area contributed by atoms with E-state index in [1.807, 2.05) is 0 Å². The van der Waals surface area contributed by atoms with E-state index in [4.69, 9.17) is 0 Å². The van der Waals surface area contributed by atoms with E-state index in [1.165, 1.54) is 11.3 Å². The van der Waals surface area contributed by atoms with Crippen molar-refractivity contribution in [1.29, 1.82) is 0 Å². The average Bonchev–Trinajstić information content (AvgIpc) is 2.14. The molecule has 0 spiro atoms. The van der Waals surface area contributed by atoms with Crippen LogP contribution in [0.2, 0.25) is 0 Å². The Hall–Kier alpha value is -0.980. The molecule has 0 radical (unpaired) electrons. The Bertz CT molecular complexity index is 274. The molecule has 0 aromatic heterocycles. The Morgan fingerprint density at radius 1 is 1.15 bits per heavy atom. The number of hydrogen-bond donors (Lipinski definition) is 0. The molecule has 1 aliphatic heterocycles. The van der Waals surface area contributed by atoms with Crippen molar-refractivity contribution in [2.45, 2.75) is 27.7 Å². The summed E-state index contributed by atoms with van der Waals surface area (Å²) in [6.07, 6.45) is 8.68. The van der Waals surface area contributed by atoms with Crippen molar-refractivity contribution in [3.05, 3.63) is 35.7 Å². The second-order valence-corrected chi connectivity index (χ2v) is 4.61. The standard InChI is InChI=1S/C12H19N/c1-10-6-7-11(12(2,3)4)8-9-13(10)5/h6-9H,1-5H3. The van der Waals surface area contributed by atoms with Gasteiger partial charge in [0.25, 0.3) is 0 Å². The number of allylic oxidation sites excluding steroid dienone is 5. The SMILES string of the molecule is CC1=CC=C(C(C)(C)C)C=CN1C. The molecule has 1 aliphatic rings. The van der Waals surface area contributed by atoms with Crippen LogP contribution in [0.1, 0.15) is 27.7 Å². The summed E-state index contributed by atoms with van der Waals surface area (Å²) in [5, 5.41) is 0. The van der Waals surface area contributed by atoms with Crippen molar-refractivity contribution < 1.29 is 0 Å². The predicted octanol–water partition coefficient (Wildman–Crippen LogP) is 3.32. The largest absolute Gasteiger partial charge is 0.355 e. The summed E-state index contributed by atoms with van der Waals surface area (Å²) in [5.41, 5.74) is 2.88. The number of nitrogens with zero attached hydrogens (tertiary/aromatic N) is 1. The third-order valence-electron chi connectivity index (χ3n) is 2.40. The lowest BCUT2D eigenvalue weighted by Gasteiger charge is -2.19. The molecule has 1 heterocycles. The van der Waals surface area contributed by atoms with E-state index in [-0.39, 0.29) is 5.41 Å². The summed E-state index contributed by atoms with van der Waals surface area (Å²) in [5.74, 6) is 0. The van der Waals surface area contributed by atoms with Gasteiger partial charge in [-0.15, -0.1) is 0 Å². The first-order valence-corrected chi connectivity index (χ1v) is 4.71. The second-order valence-electron chi connectivity index (χ2n) is 4.61. The van der Waals surface area contributed by atoms with Crippen LogP contribution in [0.3, 0.4) is 0 Å². The first kappa shape index (κ1) is 10.1. The smallest absolute Gasteiger partial charge is 0.0140 e. The molecular formula is C12H19N. The third-order valence-corrected chi connectivity index (χ3v) is 2.40. The van der Waals surface area contributed by atoms with E-state index >= 15 is 0 Å². The van der Waals surface area contributed by atoms with Gasteiger partial charge in [-0.25, -0.2) is 0 Å². The van der Waals surface area contributed by atoms with Gasteiger partial charge in [0.05, 0.1) is 0 Å². The summed E-state index contributed by atoms with van der Waals surface area (Å²) in [6.45, 7) is 8.82. The Labute approximate surface area is 81.4 Å². The van der Waals surface area contributed by atoms with Gasteiger partial charge in [0.1, 0.15) is 0 Å². The van der Waals surface area contributed by atoms with Gasteiger partial charge < -0.3 is 4.90 Å². The van der Waals surface area contributed by atoms with Crippen LogP contribution in [-0.2, 0) is 0 Å². The zero-order valence-electron chi connectivity index (χ0n) is 9.26. The molecule has 0 atom stereocenters. The molecule has 0 fully saturated rings. The highest BCUT2D eigenvalue weighted by Crippen LogP contribution is 2.27. The van der Waals surface area contributed by atoms with Gasteiger partial charge in [-0.3, -0.25) is 0 Å². The molecule has 1 heteroatoms. The highest BCUT2D eigenvalue weighted by atomic mass is 15.1. The van der Waals surface area contributed by atoms with Gasteiger partial charge >= 0.3 is 0 Å². The fraction of sp³-hybridized carbons (Fsp3) is 0.500. The lowest BCUT2D eigenvalue weighted by molar-refractivity contribution is 0.514. The van der Waals surface area contributed by atoms with E-state index < -0.39 is 0 Å². The minimum Gasteiger partial charge on any atom is -0.355 e. The predicted molar refractivity (Wildman–Crippen MR) is 58.2 cm³/mol. The molecule has 0 aromatic carbocycles. The van der Waals surface area contributed by atoms with Crippen molar-refractivity contribution in [1.82, 2.24) is 4.90 Å². The van der Waals surface area contributed by atoms with Crippen molar-refractivity contribution in [3.8, 4) is 0 Å². The number of hydrogen-bond acceptors (Lipinski definition) is 1. The molecule has 0 N–H and O–H groups in total. The van der Waals surface area contributed by atoms with Crippen LogP contribution >= 0.6 is 0 Å². The summed E-state index contributed by atoms with van der Waals surface area (Å²) >= 11 is 0. The van der Waals surface area contributed by atoms with Crippen LogP contribution in [-0.4, -0.2) is 11.9 Å². The molecule has 0 saturated heterocycles. The van der Waals surface area contributed by atoms with E-state index in [0.29, 0.717) is 0 Å². The molecular weight excluding hydrogens is 158 g/mol. The Kier molecular flexibility index (Phi) is 2.65. The molecule has 0 unspecified atom stereocenters. The highest BCUT2D eigenvalue weighted by molar-refractivity contribution is 5.32. The summed E-state index contributed by atoms with van der Waals surface area (Å²) in [6, 6.07) is 0. The van der Waals surface area contributed by atoms with Crippen molar-refractivity contribution in [2.75, 3.05) is 7.05 Å². The molecule has 0 amide bonds. The highest BCUT2D eigenvalue weighted by Gasteiger charge is 2.15. The van der Waals surface area contributed by atoms with Gasteiger partial charge in [-0.1, -0.05) is 26.8 Å². The van der Waals surface area contributed by atoms with Crippen molar-refractivity contribution in [2.24, 2.45) is 5.41 Å². The topological polar surface area (TPSA) is 3.24 Å². The Balaban J connectivity index is 2.98. The molecule has 1 rings (SSSR count). The van der Waals surface area contributed by atoms with Crippen molar-refractivity contribution in [3.63, 3.8) is 0 Å². The minimum absolute atomic E-state index is 0.235. The molecule has 72 valence electrons. The summed E-state index contributed by atoms with van der Waals surface area (Å²) < 4.78 is 0. The average molecular weight is 177 g/mol. The van der Waals surface area contributed by atoms with Crippen LogP contribution in [0, 0.1) is 5.41 Å². The molecule has 0 bridgehead atoms. The lowest BCUT2D eigenvalue weighted by Crippen LogP contribution is -2.08. The number of rotatable bonds is 0. The van der Waals surface area contributed by atoms with Gasteiger partial charge in [0, 0.05) is 18.9 Å². The zero-order valence-corrected chi connectivity index (χ0v) is 9.26. The molecule has 13 heavy (non-hydrogen) atoms. The third kappa shape index (κ3) is 2.48.